The maximum atomic E-state index is 13.2. The van der Waals surface area contributed by atoms with E-state index in [9.17, 15) is 13.2 Å². The summed E-state index contributed by atoms with van der Waals surface area (Å²) in [5, 5.41) is 3.47. The number of benzene rings is 1. The summed E-state index contributed by atoms with van der Waals surface area (Å²) in [5.74, 6) is 0.141. The summed E-state index contributed by atoms with van der Waals surface area (Å²) in [7, 11) is -1.01. The van der Waals surface area contributed by atoms with Gasteiger partial charge in [-0.25, -0.2) is 8.42 Å². The second-order valence-corrected chi connectivity index (χ2v) is 8.42. The van der Waals surface area contributed by atoms with Gasteiger partial charge in [0.15, 0.2) is 0 Å². The molecule has 1 aromatic rings. The number of halogens is 1. The summed E-state index contributed by atoms with van der Waals surface area (Å²) in [6.45, 7) is 3.16. The van der Waals surface area contributed by atoms with Crippen molar-refractivity contribution >= 4 is 27.5 Å². The molecule has 152 valence electrons. The van der Waals surface area contributed by atoms with Gasteiger partial charge in [0.1, 0.15) is 10.6 Å². The molecule has 27 heavy (non-hydrogen) atoms. The van der Waals surface area contributed by atoms with E-state index in [-0.39, 0.29) is 47.7 Å². The van der Waals surface area contributed by atoms with Gasteiger partial charge in [-0.1, -0.05) is 11.6 Å². The van der Waals surface area contributed by atoms with Gasteiger partial charge >= 0.3 is 0 Å². The molecule has 0 aliphatic carbocycles. The van der Waals surface area contributed by atoms with E-state index in [1.165, 1.54) is 30.7 Å². The maximum Gasteiger partial charge on any atom is 0.246 e. The number of piperazine rings is 1. The van der Waals surface area contributed by atoms with E-state index < -0.39 is 10.0 Å². The van der Waals surface area contributed by atoms with Gasteiger partial charge < -0.3 is 19.7 Å². The van der Waals surface area contributed by atoms with E-state index in [2.05, 4.69) is 5.32 Å². The topological polar surface area (TPSA) is 88.2 Å². The van der Waals surface area contributed by atoms with Crippen LogP contribution in [0.4, 0.5) is 0 Å². The smallest absolute Gasteiger partial charge is 0.246 e. The highest BCUT2D eigenvalue weighted by Crippen LogP contribution is 2.29. The number of sulfonamides is 1. The van der Waals surface area contributed by atoms with Gasteiger partial charge in [0.05, 0.1) is 13.7 Å². The molecule has 1 saturated heterocycles. The van der Waals surface area contributed by atoms with Gasteiger partial charge in [-0.05, 0) is 18.2 Å². The lowest BCUT2D eigenvalue weighted by Gasteiger charge is -2.29. The van der Waals surface area contributed by atoms with Crippen molar-refractivity contribution in [1.29, 1.82) is 0 Å². The number of carbonyl (C=O) groups is 1. The van der Waals surface area contributed by atoms with Crippen LogP contribution < -0.4 is 10.1 Å². The second kappa shape index (κ2) is 10.2. The first kappa shape index (κ1) is 21.9. The fourth-order valence-electron chi connectivity index (χ4n) is 2.83. The zero-order valence-corrected chi connectivity index (χ0v) is 17.2. The number of rotatable bonds is 9. The Labute approximate surface area is 165 Å². The third-order valence-electron chi connectivity index (χ3n) is 4.33. The molecule has 1 fully saturated rings. The minimum Gasteiger partial charge on any atom is -0.495 e. The van der Waals surface area contributed by atoms with Crippen LogP contribution in [0.1, 0.15) is 6.42 Å². The van der Waals surface area contributed by atoms with Gasteiger partial charge in [-0.15, -0.1) is 0 Å². The van der Waals surface area contributed by atoms with Crippen LogP contribution in [-0.2, 0) is 19.6 Å². The molecular formula is C17H26ClN3O5S. The second-order valence-electron chi connectivity index (χ2n) is 6.07. The minimum absolute atomic E-state index is 0.0248. The summed E-state index contributed by atoms with van der Waals surface area (Å²) in [4.78, 5) is 14.1. The van der Waals surface area contributed by atoms with Crippen molar-refractivity contribution in [3.63, 3.8) is 0 Å². The number of hydrogen-bond donors (Lipinski definition) is 1. The number of ether oxygens (including phenoxy) is 2. The molecule has 0 radical (unpaired) electrons. The van der Waals surface area contributed by atoms with Gasteiger partial charge in [0.2, 0.25) is 15.9 Å². The fraction of sp³-hybridized carbons (Fsp3) is 0.588. The summed E-state index contributed by atoms with van der Waals surface area (Å²) in [5.41, 5.74) is 0. The predicted octanol–water partition coefficient (Wildman–Crippen LogP) is 0.808. The van der Waals surface area contributed by atoms with E-state index in [0.717, 1.165) is 13.1 Å². The Bertz CT molecular complexity index is 738. The molecule has 1 aromatic carbocycles. The van der Waals surface area contributed by atoms with E-state index in [4.69, 9.17) is 21.1 Å². The number of amides is 1. The van der Waals surface area contributed by atoms with Gasteiger partial charge in [-0.3, -0.25) is 4.79 Å². The molecule has 0 atom stereocenters. The predicted molar refractivity (Wildman–Crippen MR) is 103 cm³/mol. The molecule has 10 heteroatoms. The lowest BCUT2D eigenvalue weighted by molar-refractivity contribution is -0.131. The molecule has 0 unspecified atom stereocenters. The third-order valence-corrected chi connectivity index (χ3v) is 6.49. The zero-order chi connectivity index (χ0) is 19.9. The van der Waals surface area contributed by atoms with Crippen molar-refractivity contribution < 1.29 is 22.7 Å². The quantitative estimate of drug-likeness (QED) is 0.637. The van der Waals surface area contributed by atoms with Crippen molar-refractivity contribution in [1.82, 2.24) is 14.5 Å². The van der Waals surface area contributed by atoms with Crippen molar-refractivity contribution in [2.75, 3.05) is 60.1 Å². The van der Waals surface area contributed by atoms with Crippen molar-refractivity contribution in [2.24, 2.45) is 0 Å². The van der Waals surface area contributed by atoms with E-state index in [1.807, 2.05) is 0 Å². The molecule has 1 N–H and O–H groups in total. The summed E-state index contributed by atoms with van der Waals surface area (Å²) in [6, 6.07) is 4.43. The van der Waals surface area contributed by atoms with Gasteiger partial charge in [0, 0.05) is 57.8 Å². The number of hydrogen-bond acceptors (Lipinski definition) is 6. The van der Waals surface area contributed by atoms with Gasteiger partial charge in [0.25, 0.3) is 0 Å². The average molecular weight is 420 g/mol. The van der Waals surface area contributed by atoms with Crippen LogP contribution in [0.25, 0.3) is 0 Å². The van der Waals surface area contributed by atoms with Crippen LogP contribution in [0.3, 0.4) is 0 Å². The summed E-state index contributed by atoms with van der Waals surface area (Å²) < 4.78 is 37.8. The van der Waals surface area contributed by atoms with E-state index >= 15 is 0 Å². The Morgan fingerprint density at radius 1 is 1.26 bits per heavy atom. The first-order valence-corrected chi connectivity index (χ1v) is 10.5. The van der Waals surface area contributed by atoms with E-state index in [1.54, 1.807) is 11.0 Å². The fourth-order valence-corrected chi connectivity index (χ4v) is 4.67. The highest BCUT2D eigenvalue weighted by molar-refractivity contribution is 7.89. The monoisotopic (exact) mass is 419 g/mol. The highest BCUT2D eigenvalue weighted by atomic mass is 35.5. The van der Waals surface area contributed by atoms with Crippen LogP contribution in [0.2, 0.25) is 5.02 Å². The van der Waals surface area contributed by atoms with Crippen molar-refractivity contribution in [2.45, 2.75) is 11.3 Å². The number of carbonyl (C=O) groups excluding carboxylic acids is 1. The van der Waals surface area contributed by atoms with E-state index in [0.29, 0.717) is 13.1 Å². The van der Waals surface area contributed by atoms with Crippen molar-refractivity contribution in [3.05, 3.63) is 23.2 Å². The Morgan fingerprint density at radius 3 is 2.59 bits per heavy atom. The number of nitrogens with zero attached hydrogens (tertiary/aromatic N) is 2. The van der Waals surface area contributed by atoms with Crippen LogP contribution in [0.15, 0.2) is 23.1 Å². The Morgan fingerprint density at radius 2 is 1.96 bits per heavy atom. The number of methoxy groups -OCH3 is 2. The SMILES string of the molecule is COCCN(CCC(=O)N1CCNCC1)S(=O)(=O)c1cc(Cl)ccc1OC. The first-order chi connectivity index (χ1) is 12.9. The first-order valence-electron chi connectivity index (χ1n) is 8.71. The van der Waals surface area contributed by atoms with Crippen LogP contribution >= 0.6 is 11.6 Å². The van der Waals surface area contributed by atoms with Crippen LogP contribution in [0, 0.1) is 0 Å². The summed E-state index contributed by atoms with van der Waals surface area (Å²) in [6.07, 6.45) is 0.103. The lowest BCUT2D eigenvalue weighted by Crippen LogP contribution is -2.47. The normalized spacial score (nSPS) is 15.2. The largest absolute Gasteiger partial charge is 0.495 e. The van der Waals surface area contributed by atoms with Crippen LogP contribution in [-0.4, -0.2) is 83.6 Å². The third kappa shape index (κ3) is 5.79. The molecule has 0 bridgehead atoms. The molecule has 8 nitrogen and oxygen atoms in total. The minimum atomic E-state index is -3.90. The molecule has 0 aromatic heterocycles. The molecule has 1 aliphatic rings. The molecule has 0 spiro atoms. The summed E-state index contributed by atoms with van der Waals surface area (Å²) >= 11 is 5.99. The Kier molecular flexibility index (Phi) is 8.30. The molecular weight excluding hydrogens is 394 g/mol. The highest BCUT2D eigenvalue weighted by Gasteiger charge is 2.29. The maximum absolute atomic E-state index is 13.2. The molecule has 2 rings (SSSR count). The molecule has 1 amide bonds. The number of nitrogens with one attached hydrogen (secondary N) is 1. The molecule has 1 aliphatic heterocycles. The Hall–Kier alpha value is -1.39. The van der Waals surface area contributed by atoms with Gasteiger partial charge in [-0.2, -0.15) is 4.31 Å². The zero-order valence-electron chi connectivity index (χ0n) is 15.6. The van der Waals surface area contributed by atoms with Crippen LogP contribution in [0.5, 0.6) is 5.75 Å². The van der Waals surface area contributed by atoms with Crippen molar-refractivity contribution in [3.8, 4) is 5.75 Å². The average Bonchev–Trinajstić information content (AvgIpc) is 2.68. The molecule has 0 saturated carbocycles. The lowest BCUT2D eigenvalue weighted by atomic mass is 10.3. The Balaban J connectivity index is 2.18. The molecule has 1 heterocycles. The standard InChI is InChI=1S/C17H26ClN3O5S/c1-25-12-11-21(8-5-17(22)20-9-6-19-7-10-20)27(23,24)16-13-14(18)3-4-15(16)26-2/h3-4,13,19H,5-12H2,1-2H3.